The molecule has 7 aromatic carbocycles. The Morgan fingerprint density at radius 2 is 0.845 bits per heavy atom. The summed E-state index contributed by atoms with van der Waals surface area (Å²) in [6, 6.07) is 56.0. The lowest BCUT2D eigenvalue weighted by molar-refractivity contribution is 0.308. The summed E-state index contributed by atoms with van der Waals surface area (Å²) in [6.45, 7) is 11.2. The average molecular weight is 1040 g/mol. The standard InChI is InChI=1S/C22H22.C21H25F.C15H23BO2.C6H4BrF.H3P/c1-16-10-4-7-13-19(16)22(20-14-8-5-11-17(20)2)21-15-9-6-12-18(21)3;1-2-5-16-8-10-17(11-9-16)18-12-14-19(15-13-18)20-6-3-4-7-21(20)22;1-2-3-12-4-6-13(7-5-12)14-8-10-15(11-9-14)16(17)18;7-5-3-1-2-4-6(5)8;/h4-15,22H,1-3H3;3-4,6-7,12-17H,2,5,8-11H2,1H3;8-13,17-18H,2-7H2,1H3;1-4H;1H3. The molecule has 0 aliphatic heterocycles. The highest BCUT2D eigenvalue weighted by atomic mass is 79.9. The molecule has 2 saturated carbocycles. The van der Waals surface area contributed by atoms with Gasteiger partial charge < -0.3 is 10.0 Å². The number of hydrogen-bond donors (Lipinski definition) is 2. The van der Waals surface area contributed by atoms with E-state index in [1.807, 2.05) is 24.3 Å². The molecule has 2 N–H and O–H groups in total. The Morgan fingerprint density at radius 1 is 0.479 bits per heavy atom. The highest BCUT2D eigenvalue weighted by Crippen LogP contribution is 2.40. The first-order valence-electron chi connectivity index (χ1n) is 25.8. The predicted molar refractivity (Wildman–Crippen MR) is 307 cm³/mol. The fourth-order valence-corrected chi connectivity index (χ4v) is 10.9. The van der Waals surface area contributed by atoms with Gasteiger partial charge in [-0.15, -0.1) is 0 Å². The van der Waals surface area contributed by atoms with E-state index in [-0.39, 0.29) is 21.5 Å². The molecule has 374 valence electrons. The van der Waals surface area contributed by atoms with E-state index in [4.69, 9.17) is 10.0 Å². The first-order valence-corrected chi connectivity index (χ1v) is 26.6. The van der Waals surface area contributed by atoms with Crippen molar-refractivity contribution >= 4 is 38.4 Å². The van der Waals surface area contributed by atoms with Gasteiger partial charge in [0.05, 0.1) is 4.47 Å². The molecule has 1 atom stereocenters. The Morgan fingerprint density at radius 3 is 1.20 bits per heavy atom. The fourth-order valence-electron chi connectivity index (χ4n) is 10.6. The van der Waals surface area contributed by atoms with Crippen LogP contribution in [-0.4, -0.2) is 17.2 Å². The molecule has 1 unspecified atom stereocenters. The highest BCUT2D eigenvalue weighted by molar-refractivity contribution is 9.10. The van der Waals surface area contributed by atoms with Crippen LogP contribution in [-0.2, 0) is 0 Å². The lowest BCUT2D eigenvalue weighted by Gasteiger charge is -2.28. The van der Waals surface area contributed by atoms with E-state index in [0.29, 0.717) is 33.3 Å². The number of halogens is 3. The van der Waals surface area contributed by atoms with E-state index in [0.717, 1.165) is 17.4 Å². The van der Waals surface area contributed by atoms with Crippen molar-refractivity contribution < 1.29 is 18.8 Å². The normalized spacial score (nSPS) is 17.2. The van der Waals surface area contributed by atoms with E-state index in [9.17, 15) is 8.78 Å². The molecule has 7 heteroatoms. The molecule has 0 bridgehead atoms. The lowest BCUT2D eigenvalue weighted by Crippen LogP contribution is -2.29. The van der Waals surface area contributed by atoms with Gasteiger partial charge >= 0.3 is 7.12 Å². The molecule has 0 amide bonds. The van der Waals surface area contributed by atoms with Crippen LogP contribution in [0.3, 0.4) is 0 Å². The largest absolute Gasteiger partial charge is 0.488 e. The Labute approximate surface area is 437 Å². The molecule has 2 nitrogen and oxygen atoms in total. The molecule has 2 aliphatic carbocycles. The van der Waals surface area contributed by atoms with E-state index in [2.05, 4.69) is 160 Å². The summed E-state index contributed by atoms with van der Waals surface area (Å²) >= 11 is 3.02. The Balaban J connectivity index is 0.000000183. The van der Waals surface area contributed by atoms with Crippen molar-refractivity contribution in [1.82, 2.24) is 0 Å². The quantitative estimate of drug-likeness (QED) is 0.0770. The molecule has 0 radical (unpaired) electrons. The molecule has 0 saturated heterocycles. The van der Waals surface area contributed by atoms with E-state index >= 15 is 0 Å². The van der Waals surface area contributed by atoms with Gasteiger partial charge in [0.1, 0.15) is 11.6 Å². The van der Waals surface area contributed by atoms with Crippen LogP contribution in [0, 0.1) is 44.2 Å². The van der Waals surface area contributed by atoms with Crippen LogP contribution >= 0.6 is 25.8 Å². The van der Waals surface area contributed by atoms with Crippen LogP contribution in [0.1, 0.15) is 153 Å². The van der Waals surface area contributed by atoms with Crippen molar-refractivity contribution in [3.8, 4) is 11.1 Å². The van der Waals surface area contributed by atoms with Gasteiger partial charge in [0.25, 0.3) is 0 Å². The van der Waals surface area contributed by atoms with E-state index in [1.165, 1.54) is 134 Å². The minimum atomic E-state index is -1.35. The summed E-state index contributed by atoms with van der Waals surface area (Å²) in [4.78, 5) is 0. The molecule has 0 aromatic heterocycles. The van der Waals surface area contributed by atoms with Gasteiger partial charge in [-0.25, -0.2) is 8.78 Å². The van der Waals surface area contributed by atoms with Crippen LogP contribution in [0.15, 0.2) is 174 Å². The second-order valence-corrected chi connectivity index (χ2v) is 20.4. The van der Waals surface area contributed by atoms with E-state index in [1.54, 1.807) is 24.3 Å². The summed E-state index contributed by atoms with van der Waals surface area (Å²) in [7, 11) is -1.35. The zero-order valence-corrected chi connectivity index (χ0v) is 45.9. The summed E-state index contributed by atoms with van der Waals surface area (Å²) in [5.41, 5.74) is 13.3. The SMILES string of the molecule is CCCC1CCC(c2ccc(-c3ccccc3F)cc2)CC1.CCCC1CCC(c2ccc(B(O)O)cc2)CC1.Cc1ccccc1C(c1ccccc1C)c1ccccc1C.Fc1ccccc1Br.P. The number of aryl methyl sites for hydroxylation is 3. The van der Waals surface area contributed by atoms with Crippen LogP contribution in [0.25, 0.3) is 11.1 Å². The van der Waals surface area contributed by atoms with Crippen LogP contribution < -0.4 is 5.46 Å². The molecule has 2 aliphatic rings. The predicted octanol–water partition coefficient (Wildman–Crippen LogP) is 17.4. The summed E-state index contributed by atoms with van der Waals surface area (Å²) in [5, 5.41) is 18.1. The molecule has 9 rings (SSSR count). The third-order valence-corrected chi connectivity index (χ3v) is 15.3. The maximum atomic E-state index is 13.8. The van der Waals surface area contributed by atoms with Crippen molar-refractivity contribution in [1.29, 1.82) is 0 Å². The molecule has 71 heavy (non-hydrogen) atoms. The number of rotatable bonds is 11. The molecule has 7 aromatic rings. The first-order chi connectivity index (χ1) is 34.0. The number of benzene rings is 7. The van der Waals surface area contributed by atoms with Gasteiger partial charge in [0.2, 0.25) is 0 Å². The third kappa shape index (κ3) is 16.9. The molecule has 0 spiro atoms. The maximum absolute atomic E-state index is 13.8. The molecular formula is C64H77BBrF2O2P. The van der Waals surface area contributed by atoms with Crippen molar-refractivity contribution in [2.45, 2.75) is 129 Å². The van der Waals surface area contributed by atoms with Crippen LogP contribution in [0.4, 0.5) is 8.78 Å². The highest BCUT2D eigenvalue weighted by Gasteiger charge is 2.24. The molecule has 2 fully saturated rings. The van der Waals surface area contributed by atoms with Gasteiger partial charge in [0, 0.05) is 11.5 Å². The summed E-state index contributed by atoms with van der Waals surface area (Å²) in [6.07, 6.45) is 16.0. The van der Waals surface area contributed by atoms with Gasteiger partial charge in [0.15, 0.2) is 0 Å². The minimum Gasteiger partial charge on any atom is -0.423 e. The molecular weight excluding hydrogens is 960 g/mol. The molecule has 0 heterocycles. The smallest absolute Gasteiger partial charge is 0.423 e. The van der Waals surface area contributed by atoms with Crippen LogP contribution in [0.2, 0.25) is 0 Å². The monoisotopic (exact) mass is 1040 g/mol. The van der Waals surface area contributed by atoms with Crippen molar-refractivity contribution in [2.75, 3.05) is 0 Å². The van der Waals surface area contributed by atoms with Gasteiger partial charge in [-0.1, -0.05) is 191 Å². The minimum absolute atomic E-state index is 0. The lowest BCUT2D eigenvalue weighted by atomic mass is 9.75. The maximum Gasteiger partial charge on any atom is 0.488 e. The average Bonchev–Trinajstić information content (AvgIpc) is 3.38. The van der Waals surface area contributed by atoms with Crippen molar-refractivity contribution in [3.63, 3.8) is 0 Å². The van der Waals surface area contributed by atoms with Gasteiger partial charge in [-0.3, -0.25) is 0 Å². The van der Waals surface area contributed by atoms with Gasteiger partial charge in [-0.05, 0) is 185 Å². The Bertz CT molecular complexity index is 2490. The van der Waals surface area contributed by atoms with Gasteiger partial charge in [-0.2, -0.15) is 9.90 Å². The number of hydrogen-bond acceptors (Lipinski definition) is 2. The van der Waals surface area contributed by atoms with Crippen LogP contribution in [0.5, 0.6) is 0 Å². The van der Waals surface area contributed by atoms with Crippen molar-refractivity contribution in [3.05, 3.63) is 230 Å². The third-order valence-electron chi connectivity index (χ3n) is 14.7. The van der Waals surface area contributed by atoms with E-state index < -0.39 is 7.12 Å². The summed E-state index contributed by atoms with van der Waals surface area (Å²) < 4.78 is 26.6. The summed E-state index contributed by atoms with van der Waals surface area (Å²) in [5.74, 6) is 3.18. The zero-order valence-electron chi connectivity index (χ0n) is 42.9. The Kier molecular flexibility index (Phi) is 23.9. The fraction of sp³-hybridized carbons (Fsp3) is 0.344. The zero-order chi connectivity index (χ0) is 49.8. The van der Waals surface area contributed by atoms with Crippen molar-refractivity contribution in [2.24, 2.45) is 11.8 Å². The Hall–Kier alpha value is -4.71. The second-order valence-electron chi connectivity index (χ2n) is 19.6. The topological polar surface area (TPSA) is 40.5 Å². The first kappa shape index (κ1) is 57.2. The second kappa shape index (κ2) is 29.7.